The third kappa shape index (κ3) is 3.60. The lowest BCUT2D eigenvalue weighted by molar-refractivity contribution is 0.153. The minimum absolute atomic E-state index is 0.755. The number of rotatable bonds is 4. The molecule has 0 amide bonds. The Kier molecular flexibility index (Phi) is 4.51. The van der Waals surface area contributed by atoms with E-state index in [1.54, 1.807) is 0 Å². The fraction of sp³-hybridized carbons (Fsp3) is 0.625. The van der Waals surface area contributed by atoms with Crippen molar-refractivity contribution in [3.05, 3.63) is 18.2 Å². The van der Waals surface area contributed by atoms with E-state index in [1.165, 1.54) is 44.8 Å². The zero-order valence-electron chi connectivity index (χ0n) is 12.9. The molecule has 21 heavy (non-hydrogen) atoms. The molecular weight excluding hydrogens is 264 g/mol. The first-order valence-electron chi connectivity index (χ1n) is 7.90. The second kappa shape index (κ2) is 6.54. The van der Waals surface area contributed by atoms with E-state index < -0.39 is 0 Å². The number of piperazine rings is 1. The van der Waals surface area contributed by atoms with E-state index in [0.717, 1.165) is 31.1 Å². The zero-order valence-corrected chi connectivity index (χ0v) is 12.9. The molecule has 5 nitrogen and oxygen atoms in total. The first kappa shape index (κ1) is 14.5. The van der Waals surface area contributed by atoms with E-state index in [1.807, 2.05) is 12.1 Å². The van der Waals surface area contributed by atoms with Crippen molar-refractivity contribution in [3.63, 3.8) is 0 Å². The van der Waals surface area contributed by atoms with Crippen molar-refractivity contribution in [2.45, 2.75) is 6.42 Å². The first-order chi connectivity index (χ1) is 10.2. The van der Waals surface area contributed by atoms with E-state index in [4.69, 9.17) is 10.5 Å². The van der Waals surface area contributed by atoms with Gasteiger partial charge in [0.1, 0.15) is 12.4 Å². The highest BCUT2D eigenvalue weighted by molar-refractivity contribution is 5.65. The number of ether oxygens (including phenoxy) is 1. The van der Waals surface area contributed by atoms with Crippen LogP contribution in [0.1, 0.15) is 6.42 Å². The quantitative estimate of drug-likeness (QED) is 0.842. The number of nitrogens with two attached hydrogens (primary N) is 1. The molecule has 0 saturated carbocycles. The van der Waals surface area contributed by atoms with Gasteiger partial charge in [0.25, 0.3) is 0 Å². The van der Waals surface area contributed by atoms with Crippen molar-refractivity contribution >= 4 is 11.4 Å². The van der Waals surface area contributed by atoms with E-state index in [2.05, 4.69) is 27.8 Å². The van der Waals surface area contributed by atoms with Crippen LogP contribution >= 0.6 is 0 Å². The van der Waals surface area contributed by atoms with Crippen LogP contribution in [0.25, 0.3) is 0 Å². The zero-order chi connectivity index (χ0) is 14.7. The molecule has 2 aliphatic heterocycles. The molecule has 5 heteroatoms. The summed E-state index contributed by atoms with van der Waals surface area (Å²) in [6, 6.07) is 5.97. The van der Waals surface area contributed by atoms with Gasteiger partial charge in [0.15, 0.2) is 0 Å². The van der Waals surface area contributed by atoms with Crippen molar-refractivity contribution < 1.29 is 4.74 Å². The molecule has 2 heterocycles. The van der Waals surface area contributed by atoms with Gasteiger partial charge in [0.2, 0.25) is 0 Å². The second-order valence-corrected chi connectivity index (χ2v) is 6.06. The Labute approximate surface area is 127 Å². The summed E-state index contributed by atoms with van der Waals surface area (Å²) in [4.78, 5) is 7.40. The number of fused-ring (bicyclic) bond motifs is 1. The largest absolute Gasteiger partial charge is 0.489 e. The Bertz CT molecular complexity index is 471. The molecule has 0 aromatic heterocycles. The maximum Gasteiger partial charge on any atom is 0.144 e. The number of hydrogen-bond acceptors (Lipinski definition) is 5. The van der Waals surface area contributed by atoms with Gasteiger partial charge >= 0.3 is 0 Å². The lowest BCUT2D eigenvalue weighted by atomic mass is 10.2. The summed E-state index contributed by atoms with van der Waals surface area (Å²) in [5, 5.41) is 0. The highest BCUT2D eigenvalue weighted by Gasteiger charge is 2.18. The highest BCUT2D eigenvalue weighted by atomic mass is 16.5. The molecule has 2 N–H and O–H groups in total. The molecule has 0 bridgehead atoms. The first-order valence-corrected chi connectivity index (χ1v) is 7.90. The topological polar surface area (TPSA) is 45.0 Å². The summed E-state index contributed by atoms with van der Waals surface area (Å²) in [5.41, 5.74) is 7.79. The third-order valence-corrected chi connectivity index (χ3v) is 4.44. The summed E-state index contributed by atoms with van der Waals surface area (Å²) in [5.74, 6) is 0.931. The molecule has 0 atom stereocenters. The minimum atomic E-state index is 0.755. The molecule has 0 unspecified atom stereocenters. The fourth-order valence-corrected chi connectivity index (χ4v) is 3.08. The summed E-state index contributed by atoms with van der Waals surface area (Å²) in [7, 11) is 2.20. The Morgan fingerprint density at radius 1 is 1.10 bits per heavy atom. The van der Waals surface area contributed by atoms with Gasteiger partial charge in [0, 0.05) is 44.5 Å². The lowest BCUT2D eigenvalue weighted by Gasteiger charge is -2.34. The Morgan fingerprint density at radius 2 is 1.90 bits per heavy atom. The monoisotopic (exact) mass is 290 g/mol. The molecular formula is C16H26N4O. The maximum atomic E-state index is 5.83. The number of likely N-dealkylation sites (N-methyl/N-ethyl adjacent to an activating group) is 1. The molecule has 0 radical (unpaired) electrons. The van der Waals surface area contributed by atoms with Gasteiger partial charge < -0.3 is 25.2 Å². The van der Waals surface area contributed by atoms with Crippen molar-refractivity contribution in [1.82, 2.24) is 9.80 Å². The minimum Gasteiger partial charge on any atom is -0.489 e. The molecule has 1 fully saturated rings. The molecule has 116 valence electrons. The van der Waals surface area contributed by atoms with Gasteiger partial charge in [0.05, 0.1) is 12.2 Å². The third-order valence-electron chi connectivity index (χ3n) is 4.44. The number of nitrogens with zero attached hydrogens (tertiary/aromatic N) is 3. The molecule has 2 aliphatic rings. The maximum absolute atomic E-state index is 5.83. The lowest BCUT2D eigenvalue weighted by Crippen LogP contribution is -2.45. The normalized spacial score (nSPS) is 20.1. The van der Waals surface area contributed by atoms with Gasteiger partial charge in [-0.1, -0.05) is 0 Å². The number of hydrogen-bond donors (Lipinski definition) is 1. The van der Waals surface area contributed by atoms with Crippen molar-refractivity contribution in [1.29, 1.82) is 0 Å². The Balaban J connectivity index is 1.50. The van der Waals surface area contributed by atoms with Crippen LogP contribution in [-0.4, -0.2) is 69.3 Å². The summed E-state index contributed by atoms with van der Waals surface area (Å²) in [6.45, 7) is 8.80. The van der Waals surface area contributed by atoms with Crippen LogP contribution in [0, 0.1) is 0 Å². The molecule has 1 aromatic carbocycles. The number of nitrogen functional groups attached to an aromatic ring is 1. The molecule has 0 aliphatic carbocycles. The van der Waals surface area contributed by atoms with E-state index in [-0.39, 0.29) is 0 Å². The average molecular weight is 290 g/mol. The predicted octanol–water partition coefficient (Wildman–Crippen LogP) is 1.11. The van der Waals surface area contributed by atoms with Gasteiger partial charge in [-0.05, 0) is 32.1 Å². The second-order valence-electron chi connectivity index (χ2n) is 6.06. The predicted molar refractivity (Wildman–Crippen MR) is 87.1 cm³/mol. The van der Waals surface area contributed by atoms with E-state index in [0.29, 0.717) is 0 Å². The highest BCUT2D eigenvalue weighted by Crippen LogP contribution is 2.33. The van der Waals surface area contributed by atoms with Crippen molar-refractivity contribution in [2.24, 2.45) is 0 Å². The average Bonchev–Trinajstić information content (AvgIpc) is 2.49. The Hall–Kier alpha value is -1.46. The van der Waals surface area contributed by atoms with Gasteiger partial charge in [-0.15, -0.1) is 0 Å². The van der Waals surface area contributed by atoms with Crippen molar-refractivity contribution in [2.75, 3.05) is 70.1 Å². The summed E-state index contributed by atoms with van der Waals surface area (Å²) >= 11 is 0. The standard InChI is InChI=1S/C16H26N4O/c1-18-7-9-19(10-8-18)5-2-6-20-11-12-21-16-13-14(17)3-4-15(16)20/h3-4,13H,2,5-12,17H2,1H3. The summed E-state index contributed by atoms with van der Waals surface area (Å²) in [6.07, 6.45) is 1.20. The van der Waals surface area contributed by atoms with E-state index >= 15 is 0 Å². The smallest absolute Gasteiger partial charge is 0.144 e. The SMILES string of the molecule is CN1CCN(CCCN2CCOc3cc(N)ccc32)CC1. The van der Waals surface area contributed by atoms with Crippen LogP contribution in [0.4, 0.5) is 11.4 Å². The van der Waals surface area contributed by atoms with Gasteiger partial charge in [-0.25, -0.2) is 0 Å². The molecule has 0 spiro atoms. The number of anilines is 2. The van der Waals surface area contributed by atoms with Crippen LogP contribution in [-0.2, 0) is 0 Å². The summed E-state index contributed by atoms with van der Waals surface area (Å²) < 4.78 is 5.71. The van der Waals surface area contributed by atoms with Crippen LogP contribution < -0.4 is 15.4 Å². The van der Waals surface area contributed by atoms with Gasteiger partial charge in [-0.2, -0.15) is 0 Å². The van der Waals surface area contributed by atoms with Crippen molar-refractivity contribution in [3.8, 4) is 5.75 Å². The Morgan fingerprint density at radius 3 is 2.71 bits per heavy atom. The van der Waals surface area contributed by atoms with Gasteiger partial charge in [-0.3, -0.25) is 0 Å². The van der Waals surface area contributed by atoms with Crippen LogP contribution in [0.5, 0.6) is 5.75 Å². The van der Waals surface area contributed by atoms with Crippen LogP contribution in [0.3, 0.4) is 0 Å². The van der Waals surface area contributed by atoms with Crippen LogP contribution in [0.15, 0.2) is 18.2 Å². The molecule has 1 aromatic rings. The fourth-order valence-electron chi connectivity index (χ4n) is 3.08. The molecule has 1 saturated heterocycles. The number of benzene rings is 1. The van der Waals surface area contributed by atoms with E-state index in [9.17, 15) is 0 Å². The van der Waals surface area contributed by atoms with Crippen LogP contribution in [0.2, 0.25) is 0 Å². The molecule has 3 rings (SSSR count).